The van der Waals surface area contributed by atoms with Crippen molar-refractivity contribution in [2.45, 2.75) is 22.7 Å². The van der Waals surface area contributed by atoms with E-state index in [1.54, 1.807) is 0 Å². The van der Waals surface area contributed by atoms with Crippen molar-refractivity contribution in [2.75, 3.05) is 11.5 Å². The van der Waals surface area contributed by atoms with Gasteiger partial charge in [-0.05, 0) is 23.3 Å². The lowest BCUT2D eigenvalue weighted by atomic mass is 10.0. The van der Waals surface area contributed by atoms with Gasteiger partial charge < -0.3 is 20.6 Å². The van der Waals surface area contributed by atoms with Crippen molar-refractivity contribution in [1.82, 2.24) is 25.4 Å². The molecule has 0 aliphatic carbocycles. The van der Waals surface area contributed by atoms with Crippen LogP contribution in [0, 0.1) is 0 Å². The van der Waals surface area contributed by atoms with Crippen LogP contribution in [0.15, 0.2) is 45.5 Å². The Morgan fingerprint density at radius 2 is 2.00 bits per heavy atom. The Bertz CT molecular complexity index is 1250. The van der Waals surface area contributed by atoms with Gasteiger partial charge in [-0.15, -0.1) is 22.0 Å². The number of aliphatic carboxylic acids is 1. The molecule has 1 saturated heterocycles. The summed E-state index contributed by atoms with van der Waals surface area (Å²) in [4.78, 5) is 52.0. The molecule has 1 aromatic carbocycles. The molecule has 1 fully saturated rings. The molecule has 2 amide bonds. The van der Waals surface area contributed by atoms with Gasteiger partial charge >= 0.3 is 11.5 Å². The van der Waals surface area contributed by atoms with Gasteiger partial charge in [-0.25, -0.2) is 4.79 Å². The van der Waals surface area contributed by atoms with Crippen molar-refractivity contribution in [2.24, 2.45) is 0 Å². The number of benzene rings is 1. The first-order valence-corrected chi connectivity index (χ1v) is 12.0. The summed E-state index contributed by atoms with van der Waals surface area (Å²) in [5, 5.41) is 38.4. The van der Waals surface area contributed by atoms with Crippen LogP contribution < -0.4 is 10.9 Å². The number of halogens is 1. The zero-order valence-electron chi connectivity index (χ0n) is 17.0. The number of aliphatic hydroxyl groups excluding tert-OH is 1. The quantitative estimate of drug-likeness (QED) is 0.243. The number of aromatic amines is 1. The van der Waals surface area contributed by atoms with Crippen molar-refractivity contribution >= 4 is 52.9 Å². The first-order chi connectivity index (χ1) is 16.2. The van der Waals surface area contributed by atoms with Crippen molar-refractivity contribution < 1.29 is 29.7 Å². The molecular formula is C19H16ClN5O7S2. The zero-order valence-corrected chi connectivity index (χ0v) is 19.4. The third kappa shape index (κ3) is 4.61. The average molecular weight is 526 g/mol. The summed E-state index contributed by atoms with van der Waals surface area (Å²) < 4.78 is 0. The zero-order chi connectivity index (χ0) is 24.6. The Balaban J connectivity index is 1.46. The second kappa shape index (κ2) is 9.66. The minimum absolute atomic E-state index is 0.0726. The van der Waals surface area contributed by atoms with Crippen LogP contribution in [0.4, 0.5) is 0 Å². The number of carboxylic acid groups (broad SMARTS) is 1. The van der Waals surface area contributed by atoms with Crippen molar-refractivity contribution in [1.29, 1.82) is 0 Å². The number of aromatic hydroxyl groups is 1. The molecule has 4 rings (SSSR count). The third-order valence-corrected chi connectivity index (χ3v) is 7.57. The van der Waals surface area contributed by atoms with Gasteiger partial charge in [-0.2, -0.15) is 0 Å². The minimum atomic E-state index is -1.53. The van der Waals surface area contributed by atoms with Crippen LogP contribution in [-0.4, -0.2) is 76.1 Å². The lowest BCUT2D eigenvalue weighted by Gasteiger charge is -2.49. The Kier molecular flexibility index (Phi) is 6.84. The van der Waals surface area contributed by atoms with Gasteiger partial charge in [0.15, 0.2) is 11.3 Å². The van der Waals surface area contributed by atoms with Gasteiger partial charge in [0.05, 0.1) is 0 Å². The number of thioether (sulfide) groups is 2. The predicted molar refractivity (Wildman–Crippen MR) is 121 cm³/mol. The maximum Gasteiger partial charge on any atom is 0.352 e. The number of amides is 2. The molecule has 2 unspecified atom stereocenters. The highest BCUT2D eigenvalue weighted by Gasteiger charge is 2.54. The van der Waals surface area contributed by atoms with E-state index in [1.165, 1.54) is 36.0 Å². The molecule has 3 atom stereocenters. The predicted octanol–water partition coefficient (Wildman–Crippen LogP) is 0.0882. The number of hydrogen-bond donors (Lipinski definition) is 5. The maximum absolute atomic E-state index is 12.7. The minimum Gasteiger partial charge on any atom is -0.488 e. The highest BCUT2D eigenvalue weighted by Crippen LogP contribution is 2.41. The number of aliphatic hydroxyl groups is 1. The van der Waals surface area contributed by atoms with E-state index in [-0.39, 0.29) is 22.4 Å². The molecule has 0 saturated carbocycles. The van der Waals surface area contributed by atoms with Gasteiger partial charge in [-0.1, -0.05) is 35.5 Å². The molecule has 15 heteroatoms. The molecule has 178 valence electrons. The maximum atomic E-state index is 12.7. The molecule has 2 aliphatic rings. The van der Waals surface area contributed by atoms with E-state index in [4.69, 9.17) is 16.7 Å². The number of nitrogens with zero attached hydrogens (tertiary/aromatic N) is 3. The van der Waals surface area contributed by atoms with E-state index in [1.807, 2.05) is 0 Å². The highest BCUT2D eigenvalue weighted by atomic mass is 35.5. The average Bonchev–Trinajstić information content (AvgIpc) is 2.82. The second-order valence-corrected chi connectivity index (χ2v) is 9.68. The van der Waals surface area contributed by atoms with Crippen LogP contribution in [0.25, 0.3) is 0 Å². The number of hydrogen-bond acceptors (Lipinski definition) is 10. The van der Waals surface area contributed by atoms with E-state index < -0.39 is 46.7 Å². The lowest BCUT2D eigenvalue weighted by molar-refractivity contribution is -0.151. The summed E-state index contributed by atoms with van der Waals surface area (Å²) in [5.74, 6) is -3.18. The van der Waals surface area contributed by atoms with E-state index in [0.29, 0.717) is 16.2 Å². The first kappa shape index (κ1) is 24.1. The fourth-order valence-corrected chi connectivity index (χ4v) is 5.77. The summed E-state index contributed by atoms with van der Waals surface area (Å²) in [6.45, 7) is 0. The Hall–Kier alpha value is -3.07. The van der Waals surface area contributed by atoms with Gasteiger partial charge in [0.1, 0.15) is 17.1 Å². The number of fused-ring (bicyclic) bond motifs is 1. The van der Waals surface area contributed by atoms with E-state index in [0.717, 1.165) is 16.7 Å². The molecule has 5 N–H and O–H groups in total. The summed E-state index contributed by atoms with van der Waals surface area (Å²) in [6, 6.07) is 5.00. The van der Waals surface area contributed by atoms with Crippen LogP contribution in [0.5, 0.6) is 5.88 Å². The van der Waals surface area contributed by atoms with Crippen LogP contribution in [0.1, 0.15) is 11.7 Å². The number of H-pyrrole nitrogens is 1. The number of nitrogens with one attached hydrogen (secondary N) is 2. The van der Waals surface area contributed by atoms with Gasteiger partial charge in [0.25, 0.3) is 17.7 Å². The first-order valence-electron chi connectivity index (χ1n) is 9.60. The summed E-state index contributed by atoms with van der Waals surface area (Å²) in [7, 11) is 0. The number of carbonyl (C=O) groups is 3. The highest BCUT2D eigenvalue weighted by molar-refractivity contribution is 8.01. The molecule has 12 nitrogen and oxygen atoms in total. The van der Waals surface area contributed by atoms with Crippen LogP contribution in [0.3, 0.4) is 0 Å². The molecule has 1 aromatic heterocycles. The number of β-lactam (4-membered cyclic amide) rings is 1. The largest absolute Gasteiger partial charge is 0.488 e. The van der Waals surface area contributed by atoms with Crippen LogP contribution in [0.2, 0.25) is 5.02 Å². The second-order valence-electron chi connectivity index (χ2n) is 7.18. The van der Waals surface area contributed by atoms with E-state index >= 15 is 0 Å². The Morgan fingerprint density at radius 1 is 1.29 bits per heavy atom. The number of rotatable bonds is 7. The monoisotopic (exact) mass is 525 g/mol. The van der Waals surface area contributed by atoms with Crippen molar-refractivity contribution in [3.8, 4) is 5.88 Å². The number of aromatic nitrogens is 3. The van der Waals surface area contributed by atoms with Crippen molar-refractivity contribution in [3.63, 3.8) is 0 Å². The standard InChI is InChI=1S/C19H16ClN5O7S2/c20-9-3-1-7(2-4-9)12(26)13(27)21-10-16(30)25-11(18(31)32)8(5-33-17(10)25)6-34-19-22-14(28)15(29)23-24-19/h1-4,10,12,17,26H,5-6H2,(H,21,27)(H,23,29)(H,31,32)(H,22,24,28)/t10?,12?,17-/m0/s1. The third-order valence-electron chi connectivity index (χ3n) is 5.02. The fraction of sp³-hybridized carbons (Fsp3) is 0.263. The van der Waals surface area contributed by atoms with Crippen molar-refractivity contribution in [3.05, 3.63) is 56.5 Å². The van der Waals surface area contributed by atoms with E-state index in [9.17, 15) is 29.4 Å². The molecule has 2 aromatic rings. The van der Waals surface area contributed by atoms with Gasteiger partial charge in [0, 0.05) is 16.5 Å². The summed E-state index contributed by atoms with van der Waals surface area (Å²) in [5.41, 5.74) is -0.337. The summed E-state index contributed by atoms with van der Waals surface area (Å²) >= 11 is 8.05. The molecule has 3 heterocycles. The van der Waals surface area contributed by atoms with Crippen LogP contribution in [-0.2, 0) is 14.4 Å². The molecule has 34 heavy (non-hydrogen) atoms. The Labute approximate surface area is 204 Å². The van der Waals surface area contributed by atoms with E-state index in [2.05, 4.69) is 20.5 Å². The van der Waals surface area contributed by atoms with Crippen LogP contribution >= 0.6 is 35.1 Å². The van der Waals surface area contributed by atoms with Gasteiger partial charge in [-0.3, -0.25) is 24.3 Å². The molecular weight excluding hydrogens is 510 g/mol. The topological polar surface area (TPSA) is 186 Å². The molecule has 0 bridgehead atoms. The number of carboxylic acids is 1. The molecule has 2 aliphatic heterocycles. The SMILES string of the molecule is O=C(O)C1=C(CSc2nnc(O)c(=O)[nH]2)CS[C@H]2C(NC(=O)C(O)c3ccc(Cl)cc3)C(=O)N12. The summed E-state index contributed by atoms with van der Waals surface area (Å²) in [6.07, 6.45) is -1.53. The fourth-order valence-electron chi connectivity index (χ4n) is 3.36. The number of carbonyl (C=O) groups excluding carboxylic acids is 2. The normalized spacial score (nSPS) is 20.4. The smallest absolute Gasteiger partial charge is 0.352 e. The lowest BCUT2D eigenvalue weighted by Crippen LogP contribution is -2.70. The van der Waals surface area contributed by atoms with Gasteiger partial charge in [0.2, 0.25) is 0 Å². The molecule has 0 radical (unpaired) electrons. The Morgan fingerprint density at radius 3 is 2.65 bits per heavy atom. The molecule has 0 spiro atoms.